The van der Waals surface area contributed by atoms with Gasteiger partial charge in [0, 0.05) is 11.6 Å². The number of nitro groups is 1. The van der Waals surface area contributed by atoms with Crippen LogP contribution in [-0.2, 0) is 0 Å². The van der Waals surface area contributed by atoms with Crippen LogP contribution >= 0.6 is 11.6 Å². The van der Waals surface area contributed by atoms with Gasteiger partial charge in [-0.05, 0) is 25.5 Å². The Kier molecular flexibility index (Phi) is 4.85. The SMILES string of the molecule is CCC(C)(CO)NC(=O)c1ccc(Cl)c([N+](=O)[O-])c1. The summed E-state index contributed by atoms with van der Waals surface area (Å²) in [4.78, 5) is 22.1. The molecule has 0 aliphatic heterocycles. The second-order valence-electron chi connectivity index (χ2n) is 4.45. The Morgan fingerprint density at radius 3 is 2.68 bits per heavy atom. The third kappa shape index (κ3) is 3.65. The predicted molar refractivity (Wildman–Crippen MR) is 71.4 cm³/mol. The van der Waals surface area contributed by atoms with E-state index >= 15 is 0 Å². The highest BCUT2D eigenvalue weighted by Crippen LogP contribution is 2.25. The number of nitro benzene ring substituents is 1. The van der Waals surface area contributed by atoms with Gasteiger partial charge in [0.1, 0.15) is 5.02 Å². The quantitative estimate of drug-likeness (QED) is 0.640. The zero-order chi connectivity index (χ0) is 14.6. The first-order valence-corrected chi connectivity index (χ1v) is 6.08. The fraction of sp³-hybridized carbons (Fsp3) is 0.417. The molecule has 0 saturated heterocycles. The first-order valence-electron chi connectivity index (χ1n) is 5.70. The number of nitrogens with one attached hydrogen (secondary N) is 1. The molecule has 0 saturated carbocycles. The molecule has 1 atom stereocenters. The van der Waals surface area contributed by atoms with Gasteiger partial charge in [0.25, 0.3) is 11.6 Å². The fourth-order valence-corrected chi connectivity index (χ4v) is 1.57. The number of hydrogen-bond acceptors (Lipinski definition) is 4. The van der Waals surface area contributed by atoms with Gasteiger partial charge in [0.2, 0.25) is 0 Å². The topological polar surface area (TPSA) is 92.5 Å². The number of rotatable bonds is 5. The van der Waals surface area contributed by atoms with Crippen molar-refractivity contribution in [3.8, 4) is 0 Å². The fourth-order valence-electron chi connectivity index (χ4n) is 1.38. The van der Waals surface area contributed by atoms with Crippen molar-refractivity contribution in [2.75, 3.05) is 6.61 Å². The van der Waals surface area contributed by atoms with E-state index in [-0.39, 0.29) is 22.9 Å². The molecule has 19 heavy (non-hydrogen) atoms. The lowest BCUT2D eigenvalue weighted by atomic mass is 9.99. The summed E-state index contributed by atoms with van der Waals surface area (Å²) in [7, 11) is 0. The third-order valence-corrected chi connectivity index (χ3v) is 3.27. The Balaban J connectivity index is 3.01. The molecule has 7 heteroatoms. The van der Waals surface area contributed by atoms with Crippen molar-refractivity contribution in [1.82, 2.24) is 5.32 Å². The number of hydrogen-bond donors (Lipinski definition) is 2. The van der Waals surface area contributed by atoms with Crippen molar-refractivity contribution in [1.29, 1.82) is 0 Å². The number of halogens is 1. The maximum atomic E-state index is 12.0. The van der Waals surface area contributed by atoms with E-state index in [9.17, 15) is 20.0 Å². The molecule has 0 fully saturated rings. The van der Waals surface area contributed by atoms with Crippen molar-refractivity contribution < 1.29 is 14.8 Å². The smallest absolute Gasteiger partial charge is 0.288 e. The number of aliphatic hydroxyl groups excluding tert-OH is 1. The van der Waals surface area contributed by atoms with Crippen molar-refractivity contribution in [2.24, 2.45) is 0 Å². The summed E-state index contributed by atoms with van der Waals surface area (Å²) in [6.45, 7) is 3.29. The Labute approximate surface area is 115 Å². The Hall–Kier alpha value is -1.66. The van der Waals surface area contributed by atoms with Crippen LogP contribution in [0.5, 0.6) is 0 Å². The highest BCUT2D eigenvalue weighted by atomic mass is 35.5. The first kappa shape index (κ1) is 15.4. The predicted octanol–water partition coefficient (Wildman–Crippen LogP) is 2.14. The van der Waals surface area contributed by atoms with Crippen LogP contribution in [-0.4, -0.2) is 28.1 Å². The summed E-state index contributed by atoms with van der Waals surface area (Å²) in [5, 5.41) is 22.6. The van der Waals surface area contributed by atoms with Crippen LogP contribution in [0.1, 0.15) is 30.6 Å². The Morgan fingerprint density at radius 1 is 1.58 bits per heavy atom. The summed E-state index contributed by atoms with van der Waals surface area (Å²) >= 11 is 5.67. The molecule has 0 aromatic heterocycles. The van der Waals surface area contributed by atoms with Crippen molar-refractivity contribution in [3.63, 3.8) is 0 Å². The number of aliphatic hydroxyl groups is 1. The highest BCUT2D eigenvalue weighted by Gasteiger charge is 2.25. The van der Waals surface area contributed by atoms with Gasteiger partial charge >= 0.3 is 0 Å². The standard InChI is InChI=1S/C12H15ClN2O4/c1-3-12(2,7-16)14-11(17)8-4-5-9(13)10(6-8)15(18)19/h4-6,16H,3,7H2,1-2H3,(H,14,17). The molecule has 1 rings (SSSR count). The molecule has 0 aliphatic carbocycles. The third-order valence-electron chi connectivity index (χ3n) is 2.95. The van der Waals surface area contributed by atoms with E-state index in [2.05, 4.69) is 5.32 Å². The summed E-state index contributed by atoms with van der Waals surface area (Å²) < 4.78 is 0. The molecule has 2 N–H and O–H groups in total. The summed E-state index contributed by atoms with van der Waals surface area (Å²) in [6, 6.07) is 3.82. The highest BCUT2D eigenvalue weighted by molar-refractivity contribution is 6.32. The van der Waals surface area contributed by atoms with Crippen LogP contribution in [0.25, 0.3) is 0 Å². The van der Waals surface area contributed by atoms with E-state index in [1.807, 2.05) is 6.92 Å². The molecule has 104 valence electrons. The minimum Gasteiger partial charge on any atom is -0.394 e. The van der Waals surface area contributed by atoms with Crippen molar-refractivity contribution in [3.05, 3.63) is 38.9 Å². The van der Waals surface area contributed by atoms with Crippen LogP contribution in [0.2, 0.25) is 5.02 Å². The second kappa shape index (κ2) is 5.99. The van der Waals surface area contributed by atoms with Gasteiger partial charge in [-0.1, -0.05) is 18.5 Å². The number of carbonyl (C=O) groups excluding carboxylic acids is 1. The van der Waals surface area contributed by atoms with E-state index in [0.717, 1.165) is 6.07 Å². The maximum Gasteiger partial charge on any atom is 0.288 e. The van der Waals surface area contributed by atoms with Crippen LogP contribution in [0.4, 0.5) is 5.69 Å². The second-order valence-corrected chi connectivity index (χ2v) is 4.86. The minimum absolute atomic E-state index is 0.0260. The van der Waals surface area contributed by atoms with Gasteiger partial charge in [-0.2, -0.15) is 0 Å². The Bertz CT molecular complexity index is 501. The average molecular weight is 287 g/mol. The molecule has 1 amide bonds. The van der Waals surface area contributed by atoms with Crippen LogP contribution in [0.3, 0.4) is 0 Å². The molecule has 0 aliphatic rings. The molecule has 1 unspecified atom stereocenters. The number of benzene rings is 1. The summed E-state index contributed by atoms with van der Waals surface area (Å²) in [5.74, 6) is -0.488. The lowest BCUT2D eigenvalue weighted by Gasteiger charge is -2.27. The molecule has 0 bridgehead atoms. The number of amides is 1. The summed E-state index contributed by atoms with van der Waals surface area (Å²) in [5.41, 5.74) is -0.952. The monoisotopic (exact) mass is 286 g/mol. The van der Waals surface area contributed by atoms with Gasteiger partial charge in [-0.25, -0.2) is 0 Å². The van der Waals surface area contributed by atoms with Gasteiger partial charge in [-0.3, -0.25) is 14.9 Å². The molecule has 1 aromatic rings. The van der Waals surface area contributed by atoms with E-state index in [0.29, 0.717) is 6.42 Å². The zero-order valence-electron chi connectivity index (χ0n) is 10.6. The normalized spacial score (nSPS) is 13.7. The van der Waals surface area contributed by atoms with Crippen LogP contribution in [0, 0.1) is 10.1 Å². The minimum atomic E-state index is -0.758. The van der Waals surface area contributed by atoms with Crippen molar-refractivity contribution in [2.45, 2.75) is 25.8 Å². The number of nitrogens with zero attached hydrogens (tertiary/aromatic N) is 1. The lowest BCUT2D eigenvalue weighted by Crippen LogP contribution is -2.48. The molecule has 1 aromatic carbocycles. The van der Waals surface area contributed by atoms with E-state index in [1.165, 1.54) is 12.1 Å². The largest absolute Gasteiger partial charge is 0.394 e. The van der Waals surface area contributed by atoms with Gasteiger partial charge < -0.3 is 10.4 Å². The number of carbonyl (C=O) groups is 1. The van der Waals surface area contributed by atoms with Crippen LogP contribution < -0.4 is 5.32 Å². The first-order chi connectivity index (χ1) is 8.83. The van der Waals surface area contributed by atoms with Crippen LogP contribution in [0.15, 0.2) is 18.2 Å². The molecular weight excluding hydrogens is 272 g/mol. The maximum absolute atomic E-state index is 12.0. The van der Waals surface area contributed by atoms with E-state index in [4.69, 9.17) is 11.6 Å². The molecule has 0 radical (unpaired) electrons. The Morgan fingerprint density at radius 2 is 2.21 bits per heavy atom. The molecule has 0 spiro atoms. The molecule has 0 heterocycles. The van der Waals surface area contributed by atoms with E-state index in [1.54, 1.807) is 6.92 Å². The van der Waals surface area contributed by atoms with Gasteiger partial charge in [0.15, 0.2) is 0 Å². The summed E-state index contributed by atoms with van der Waals surface area (Å²) in [6.07, 6.45) is 0.533. The van der Waals surface area contributed by atoms with E-state index < -0.39 is 16.4 Å². The molecule has 6 nitrogen and oxygen atoms in total. The zero-order valence-corrected chi connectivity index (χ0v) is 11.4. The van der Waals surface area contributed by atoms with Crippen molar-refractivity contribution >= 4 is 23.2 Å². The lowest BCUT2D eigenvalue weighted by molar-refractivity contribution is -0.384. The van der Waals surface area contributed by atoms with Gasteiger partial charge in [0.05, 0.1) is 17.1 Å². The molecular formula is C12H15ClN2O4. The van der Waals surface area contributed by atoms with Gasteiger partial charge in [-0.15, -0.1) is 0 Å². The average Bonchev–Trinajstić information content (AvgIpc) is 2.38.